The van der Waals surface area contributed by atoms with Crippen molar-refractivity contribution < 1.29 is 0 Å². The minimum absolute atomic E-state index is 0. The fourth-order valence-corrected chi connectivity index (χ4v) is 1.85. The van der Waals surface area contributed by atoms with E-state index in [9.17, 15) is 0 Å². The highest BCUT2D eigenvalue weighted by atomic mass is 35.5. The van der Waals surface area contributed by atoms with E-state index in [2.05, 4.69) is 10.3 Å². The molecule has 15 heavy (non-hydrogen) atoms. The minimum Gasteiger partial charge on any atom is -0.312 e. The molecular formula is C11H16Cl2N2. The van der Waals surface area contributed by atoms with Gasteiger partial charge in [0.15, 0.2) is 0 Å². The first-order chi connectivity index (χ1) is 6.86. The number of nitrogens with zero attached hydrogens (tertiary/aromatic N) is 1. The van der Waals surface area contributed by atoms with Crippen LogP contribution in [-0.2, 0) is 6.54 Å². The van der Waals surface area contributed by atoms with Crippen LogP contribution in [0.2, 0.25) is 5.15 Å². The molecule has 1 aliphatic carbocycles. The Labute approximate surface area is 102 Å². The van der Waals surface area contributed by atoms with Crippen molar-refractivity contribution in [2.45, 2.75) is 25.8 Å². The molecule has 0 saturated heterocycles. The van der Waals surface area contributed by atoms with Gasteiger partial charge in [0.2, 0.25) is 0 Å². The molecule has 1 aromatic rings. The zero-order chi connectivity index (χ0) is 9.80. The molecule has 0 atom stereocenters. The van der Waals surface area contributed by atoms with Gasteiger partial charge in [-0.15, -0.1) is 12.4 Å². The zero-order valence-corrected chi connectivity index (χ0v) is 10.2. The van der Waals surface area contributed by atoms with Gasteiger partial charge in [-0.05, 0) is 31.4 Å². The summed E-state index contributed by atoms with van der Waals surface area (Å²) in [5, 5.41) is 4.04. The quantitative estimate of drug-likeness (QED) is 0.827. The summed E-state index contributed by atoms with van der Waals surface area (Å²) in [5.41, 5.74) is 1.09. The summed E-state index contributed by atoms with van der Waals surface area (Å²) in [7, 11) is 0. The Hall–Kier alpha value is -0.310. The number of pyridine rings is 1. The van der Waals surface area contributed by atoms with Crippen LogP contribution in [0.25, 0.3) is 0 Å². The van der Waals surface area contributed by atoms with Gasteiger partial charge in [-0.3, -0.25) is 0 Å². The molecule has 1 heterocycles. The standard InChI is InChI=1S/C11H15ClN2.ClH/c12-11-10(5-2-6-14-11)8-13-7-9-3-1-4-9;/h2,5-6,9,13H,1,3-4,7-8H2;1H. The average molecular weight is 247 g/mol. The van der Waals surface area contributed by atoms with Crippen LogP contribution in [0.3, 0.4) is 0 Å². The Morgan fingerprint density at radius 3 is 2.87 bits per heavy atom. The number of halogens is 2. The molecule has 2 nitrogen and oxygen atoms in total. The Morgan fingerprint density at radius 2 is 2.27 bits per heavy atom. The lowest BCUT2D eigenvalue weighted by molar-refractivity contribution is 0.301. The average Bonchev–Trinajstić information content (AvgIpc) is 2.12. The van der Waals surface area contributed by atoms with Crippen LogP contribution < -0.4 is 5.32 Å². The molecule has 1 saturated carbocycles. The van der Waals surface area contributed by atoms with Gasteiger partial charge in [0.1, 0.15) is 5.15 Å². The number of rotatable bonds is 4. The predicted octanol–water partition coefficient (Wildman–Crippen LogP) is 3.05. The van der Waals surface area contributed by atoms with Gasteiger partial charge in [-0.2, -0.15) is 0 Å². The van der Waals surface area contributed by atoms with Crippen molar-refractivity contribution in [3.05, 3.63) is 29.0 Å². The van der Waals surface area contributed by atoms with Crippen molar-refractivity contribution in [1.29, 1.82) is 0 Å². The lowest BCUT2D eigenvalue weighted by atomic mass is 9.85. The van der Waals surface area contributed by atoms with Crippen molar-refractivity contribution in [3.8, 4) is 0 Å². The van der Waals surface area contributed by atoms with E-state index in [4.69, 9.17) is 11.6 Å². The van der Waals surface area contributed by atoms with E-state index in [1.54, 1.807) is 6.20 Å². The van der Waals surface area contributed by atoms with Crippen molar-refractivity contribution in [2.24, 2.45) is 5.92 Å². The van der Waals surface area contributed by atoms with Crippen LogP contribution in [0, 0.1) is 5.92 Å². The van der Waals surface area contributed by atoms with Crippen LogP contribution >= 0.6 is 24.0 Å². The number of hydrogen-bond donors (Lipinski definition) is 1. The maximum atomic E-state index is 5.94. The summed E-state index contributed by atoms with van der Waals surface area (Å²) in [5.74, 6) is 0.894. The number of nitrogens with one attached hydrogen (secondary N) is 1. The van der Waals surface area contributed by atoms with E-state index in [1.807, 2.05) is 12.1 Å². The van der Waals surface area contributed by atoms with Gasteiger partial charge in [0.05, 0.1) is 0 Å². The molecule has 2 rings (SSSR count). The molecule has 1 N–H and O–H groups in total. The van der Waals surface area contributed by atoms with Crippen LogP contribution in [-0.4, -0.2) is 11.5 Å². The molecule has 0 aliphatic heterocycles. The topological polar surface area (TPSA) is 24.9 Å². The first kappa shape index (κ1) is 12.8. The van der Waals surface area contributed by atoms with Gasteiger partial charge < -0.3 is 5.32 Å². The van der Waals surface area contributed by atoms with Crippen LogP contribution in [0.4, 0.5) is 0 Å². The lowest BCUT2D eigenvalue weighted by Gasteiger charge is -2.25. The first-order valence-corrected chi connectivity index (χ1v) is 5.54. The van der Waals surface area contributed by atoms with Crippen molar-refractivity contribution in [3.63, 3.8) is 0 Å². The summed E-state index contributed by atoms with van der Waals surface area (Å²) in [4.78, 5) is 4.04. The van der Waals surface area contributed by atoms with Gasteiger partial charge in [0, 0.05) is 18.3 Å². The maximum Gasteiger partial charge on any atom is 0.133 e. The molecule has 1 aliphatic rings. The number of aromatic nitrogens is 1. The lowest BCUT2D eigenvalue weighted by Crippen LogP contribution is -2.27. The molecule has 0 amide bonds. The molecule has 1 fully saturated rings. The third kappa shape index (κ3) is 3.63. The van der Waals surface area contributed by atoms with E-state index in [-0.39, 0.29) is 12.4 Å². The second kappa shape index (κ2) is 6.31. The first-order valence-electron chi connectivity index (χ1n) is 5.16. The third-order valence-electron chi connectivity index (χ3n) is 2.81. The predicted molar refractivity (Wildman–Crippen MR) is 65.5 cm³/mol. The molecule has 0 spiro atoms. The molecular weight excluding hydrogens is 231 g/mol. The van der Waals surface area contributed by atoms with Crippen LogP contribution in [0.1, 0.15) is 24.8 Å². The summed E-state index contributed by atoms with van der Waals surface area (Å²) >= 11 is 5.94. The normalized spacial score (nSPS) is 15.5. The van der Waals surface area contributed by atoms with E-state index in [0.29, 0.717) is 5.15 Å². The van der Waals surface area contributed by atoms with Crippen molar-refractivity contribution >= 4 is 24.0 Å². The van der Waals surface area contributed by atoms with Gasteiger partial charge >= 0.3 is 0 Å². The molecule has 4 heteroatoms. The Morgan fingerprint density at radius 1 is 1.47 bits per heavy atom. The van der Waals surface area contributed by atoms with Gasteiger partial charge in [-0.1, -0.05) is 24.1 Å². The van der Waals surface area contributed by atoms with Crippen molar-refractivity contribution in [2.75, 3.05) is 6.54 Å². The smallest absolute Gasteiger partial charge is 0.133 e. The summed E-state index contributed by atoms with van der Waals surface area (Å²) in [6.45, 7) is 1.95. The second-order valence-electron chi connectivity index (χ2n) is 3.88. The van der Waals surface area contributed by atoms with E-state index in [0.717, 1.165) is 24.6 Å². The summed E-state index contributed by atoms with van der Waals surface area (Å²) in [6, 6.07) is 3.94. The largest absolute Gasteiger partial charge is 0.312 e. The van der Waals surface area contributed by atoms with Gasteiger partial charge in [-0.25, -0.2) is 4.98 Å². The minimum atomic E-state index is 0. The molecule has 0 aromatic carbocycles. The molecule has 1 aromatic heterocycles. The fraction of sp³-hybridized carbons (Fsp3) is 0.545. The molecule has 0 unspecified atom stereocenters. The number of hydrogen-bond acceptors (Lipinski definition) is 2. The highest BCUT2D eigenvalue weighted by molar-refractivity contribution is 6.30. The molecule has 0 bridgehead atoms. The van der Waals surface area contributed by atoms with Gasteiger partial charge in [0.25, 0.3) is 0 Å². The fourth-order valence-electron chi connectivity index (χ4n) is 1.66. The van der Waals surface area contributed by atoms with Crippen LogP contribution in [0.15, 0.2) is 18.3 Å². The summed E-state index contributed by atoms with van der Waals surface area (Å²) in [6.07, 6.45) is 5.89. The zero-order valence-electron chi connectivity index (χ0n) is 8.58. The highest BCUT2D eigenvalue weighted by Gasteiger charge is 2.16. The summed E-state index contributed by atoms with van der Waals surface area (Å²) < 4.78 is 0. The Balaban J connectivity index is 0.00000112. The third-order valence-corrected chi connectivity index (χ3v) is 3.15. The Kier molecular flexibility index (Phi) is 5.37. The monoisotopic (exact) mass is 246 g/mol. The van der Waals surface area contributed by atoms with Crippen LogP contribution in [0.5, 0.6) is 0 Å². The van der Waals surface area contributed by atoms with E-state index in [1.165, 1.54) is 19.3 Å². The Bertz CT molecular complexity index is 300. The van der Waals surface area contributed by atoms with E-state index < -0.39 is 0 Å². The molecule has 0 radical (unpaired) electrons. The van der Waals surface area contributed by atoms with Crippen molar-refractivity contribution in [1.82, 2.24) is 10.3 Å². The maximum absolute atomic E-state index is 5.94. The highest BCUT2D eigenvalue weighted by Crippen LogP contribution is 2.25. The van der Waals surface area contributed by atoms with E-state index >= 15 is 0 Å². The molecule has 84 valence electrons. The second-order valence-corrected chi connectivity index (χ2v) is 4.24. The SMILES string of the molecule is Cl.Clc1ncccc1CNCC1CCC1.